The fraction of sp³-hybridized carbons (Fsp3) is 0.562. The molecule has 0 aromatic heterocycles. The maximum absolute atomic E-state index is 12.2. The molecule has 8 heteroatoms. The van der Waals surface area contributed by atoms with E-state index in [4.69, 9.17) is 9.47 Å². The summed E-state index contributed by atoms with van der Waals surface area (Å²) in [6.07, 6.45) is -1.48. The van der Waals surface area contributed by atoms with Crippen molar-refractivity contribution in [2.75, 3.05) is 0 Å². The van der Waals surface area contributed by atoms with E-state index in [1.807, 2.05) is 0 Å². The first-order valence-electron chi connectivity index (χ1n) is 7.30. The lowest BCUT2D eigenvalue weighted by atomic mass is 10.1. The van der Waals surface area contributed by atoms with E-state index < -0.39 is 38.5 Å². The van der Waals surface area contributed by atoms with Gasteiger partial charge in [-0.05, 0) is 59.7 Å². The average molecular weight is 360 g/mol. The summed E-state index contributed by atoms with van der Waals surface area (Å²) >= 11 is 0. The van der Waals surface area contributed by atoms with Gasteiger partial charge in [0.15, 0.2) is 6.29 Å². The van der Waals surface area contributed by atoms with Crippen molar-refractivity contribution in [2.24, 2.45) is 0 Å². The summed E-state index contributed by atoms with van der Waals surface area (Å²) < 4.78 is 42.7. The molecule has 136 valence electrons. The first-order valence-corrected chi connectivity index (χ1v) is 8.74. The highest BCUT2D eigenvalue weighted by atomic mass is 32.2. The molecule has 0 amide bonds. The summed E-state index contributed by atoms with van der Waals surface area (Å²) in [5.74, 6) is -0.780. The monoisotopic (exact) mass is 360 g/mol. The van der Waals surface area contributed by atoms with E-state index in [2.05, 4.69) is 0 Å². The van der Waals surface area contributed by atoms with Crippen LogP contribution in [0.3, 0.4) is 0 Å². The Hall–Kier alpha value is -1.48. The van der Waals surface area contributed by atoms with Gasteiger partial charge < -0.3 is 14.6 Å². The van der Waals surface area contributed by atoms with Gasteiger partial charge in [0.1, 0.15) is 5.60 Å². The maximum Gasteiger partial charge on any atom is 0.338 e. The molecular weight excluding hydrogens is 336 g/mol. The minimum atomic E-state index is -4.58. The Morgan fingerprint density at radius 1 is 1.04 bits per heavy atom. The van der Waals surface area contributed by atoms with Crippen molar-refractivity contribution in [3.8, 4) is 0 Å². The molecule has 0 fully saturated rings. The smallest absolute Gasteiger partial charge is 0.338 e. The zero-order valence-corrected chi connectivity index (χ0v) is 15.5. The second-order valence-corrected chi connectivity index (χ2v) is 8.77. The number of carbonyl (C=O) groups is 1. The second kappa shape index (κ2) is 6.79. The molecule has 24 heavy (non-hydrogen) atoms. The van der Waals surface area contributed by atoms with E-state index in [1.165, 1.54) is 6.07 Å². The quantitative estimate of drug-likeness (QED) is 0.482. The highest BCUT2D eigenvalue weighted by molar-refractivity contribution is 7.85. The molecule has 1 atom stereocenters. The van der Waals surface area contributed by atoms with Crippen LogP contribution >= 0.6 is 0 Å². The van der Waals surface area contributed by atoms with E-state index in [9.17, 15) is 22.9 Å². The molecule has 0 heterocycles. The molecule has 1 aromatic rings. The van der Waals surface area contributed by atoms with E-state index in [1.54, 1.807) is 41.5 Å². The van der Waals surface area contributed by atoms with Gasteiger partial charge in [-0.15, -0.1) is 0 Å². The zero-order valence-electron chi connectivity index (χ0n) is 14.7. The van der Waals surface area contributed by atoms with Crippen LogP contribution in [0.4, 0.5) is 0 Å². The van der Waals surface area contributed by atoms with E-state index >= 15 is 0 Å². The third kappa shape index (κ3) is 6.56. The zero-order chi connectivity index (χ0) is 18.9. The van der Waals surface area contributed by atoms with Crippen LogP contribution in [0.25, 0.3) is 0 Å². The highest BCUT2D eigenvalue weighted by Crippen LogP contribution is 2.26. The van der Waals surface area contributed by atoms with E-state index in [-0.39, 0.29) is 11.1 Å². The Kier molecular flexibility index (Phi) is 5.82. The van der Waals surface area contributed by atoms with Crippen LogP contribution in [0, 0.1) is 0 Å². The van der Waals surface area contributed by atoms with Gasteiger partial charge >= 0.3 is 5.97 Å². The van der Waals surface area contributed by atoms with Crippen LogP contribution in [-0.2, 0) is 19.6 Å². The fourth-order valence-corrected chi connectivity index (χ4v) is 2.33. The molecule has 2 N–H and O–H groups in total. The van der Waals surface area contributed by atoms with Crippen LogP contribution in [0.15, 0.2) is 23.1 Å². The summed E-state index contributed by atoms with van der Waals surface area (Å²) in [5, 5.41) is 10.1. The van der Waals surface area contributed by atoms with Gasteiger partial charge in [0.25, 0.3) is 10.1 Å². The summed E-state index contributed by atoms with van der Waals surface area (Å²) in [4.78, 5) is 11.6. The Balaban J connectivity index is 3.35. The van der Waals surface area contributed by atoms with Crippen molar-refractivity contribution in [3.05, 3.63) is 29.3 Å². The molecule has 0 radical (unpaired) electrons. The van der Waals surface area contributed by atoms with Crippen molar-refractivity contribution in [1.82, 2.24) is 0 Å². The van der Waals surface area contributed by atoms with E-state index in [0.717, 1.165) is 12.1 Å². The molecule has 1 unspecified atom stereocenters. The molecular formula is C16H24O7S. The molecule has 0 aliphatic heterocycles. The number of hydrogen-bond acceptors (Lipinski definition) is 6. The summed E-state index contributed by atoms with van der Waals surface area (Å²) in [7, 11) is -4.58. The lowest BCUT2D eigenvalue weighted by Crippen LogP contribution is -2.25. The Morgan fingerprint density at radius 3 is 2.00 bits per heavy atom. The van der Waals surface area contributed by atoms with E-state index in [0.29, 0.717) is 0 Å². The third-order valence-electron chi connectivity index (χ3n) is 2.61. The normalized spacial score (nSPS) is 14.3. The molecule has 0 aliphatic rings. The fourth-order valence-electron chi connectivity index (χ4n) is 1.77. The van der Waals surface area contributed by atoms with Gasteiger partial charge in [-0.1, -0.05) is 0 Å². The first kappa shape index (κ1) is 20.6. The van der Waals surface area contributed by atoms with Crippen molar-refractivity contribution >= 4 is 16.1 Å². The maximum atomic E-state index is 12.2. The number of ether oxygens (including phenoxy) is 2. The SMILES string of the molecule is CC(C)(C)OC(=O)c1cc(C(O)OC(C)(C)C)cc(S(=O)(=O)O)c1. The third-order valence-corrected chi connectivity index (χ3v) is 3.44. The largest absolute Gasteiger partial charge is 0.456 e. The average Bonchev–Trinajstić information content (AvgIpc) is 2.33. The molecule has 1 rings (SSSR count). The standard InChI is InChI=1S/C16H24O7S/c1-15(2,3)22-13(17)10-7-11(14(18)23-16(4,5)6)9-12(8-10)24(19,20)21/h7-9,13,17H,1-6H3,(H,19,20,21). The second-order valence-electron chi connectivity index (χ2n) is 7.35. The highest BCUT2D eigenvalue weighted by Gasteiger charge is 2.24. The number of aliphatic hydroxyl groups is 1. The van der Waals surface area contributed by atoms with Crippen LogP contribution in [0.5, 0.6) is 0 Å². The number of esters is 1. The number of aliphatic hydroxyl groups excluding tert-OH is 1. The molecule has 0 aliphatic carbocycles. The summed E-state index contributed by atoms with van der Waals surface area (Å²) in [5.41, 5.74) is -1.60. The number of carbonyl (C=O) groups excluding carboxylic acids is 1. The van der Waals surface area contributed by atoms with Gasteiger partial charge in [-0.25, -0.2) is 4.79 Å². The van der Waals surface area contributed by atoms with Crippen LogP contribution < -0.4 is 0 Å². The van der Waals surface area contributed by atoms with Crippen molar-refractivity contribution in [3.63, 3.8) is 0 Å². The Labute approximate surface area is 142 Å². The van der Waals surface area contributed by atoms with Crippen molar-refractivity contribution in [2.45, 2.75) is 63.9 Å². The number of hydrogen-bond donors (Lipinski definition) is 2. The lowest BCUT2D eigenvalue weighted by molar-refractivity contribution is -0.169. The number of benzene rings is 1. The predicted molar refractivity (Wildman–Crippen MR) is 87.2 cm³/mol. The van der Waals surface area contributed by atoms with Gasteiger partial charge in [0.2, 0.25) is 0 Å². The molecule has 1 aromatic carbocycles. The van der Waals surface area contributed by atoms with Crippen molar-refractivity contribution in [1.29, 1.82) is 0 Å². The van der Waals surface area contributed by atoms with Crippen LogP contribution in [0.2, 0.25) is 0 Å². The summed E-state index contributed by atoms with van der Waals surface area (Å²) in [6.45, 7) is 10.1. The molecule has 0 saturated heterocycles. The molecule has 0 saturated carbocycles. The van der Waals surface area contributed by atoms with Gasteiger partial charge in [-0.3, -0.25) is 4.55 Å². The van der Waals surface area contributed by atoms with Crippen LogP contribution in [0.1, 0.15) is 63.8 Å². The van der Waals surface area contributed by atoms with Gasteiger partial charge in [0, 0.05) is 5.56 Å². The molecule has 0 spiro atoms. The van der Waals surface area contributed by atoms with Crippen LogP contribution in [-0.4, -0.2) is 35.2 Å². The predicted octanol–water partition coefficient (Wildman–Crippen LogP) is 2.69. The minimum absolute atomic E-state index is 0.0147. The topological polar surface area (TPSA) is 110 Å². The molecule has 0 bridgehead atoms. The van der Waals surface area contributed by atoms with Crippen molar-refractivity contribution < 1.29 is 32.3 Å². The summed E-state index contributed by atoms with van der Waals surface area (Å²) in [6, 6.07) is 3.29. The number of rotatable bonds is 4. The van der Waals surface area contributed by atoms with Gasteiger partial charge in [-0.2, -0.15) is 8.42 Å². The Bertz CT molecular complexity index is 709. The van der Waals surface area contributed by atoms with Gasteiger partial charge in [0.05, 0.1) is 16.1 Å². The minimum Gasteiger partial charge on any atom is -0.456 e. The molecule has 7 nitrogen and oxygen atoms in total. The lowest BCUT2D eigenvalue weighted by Gasteiger charge is -2.25. The first-order chi connectivity index (χ1) is 10.6. The Morgan fingerprint density at radius 2 is 1.58 bits per heavy atom.